The van der Waals surface area contributed by atoms with Crippen molar-refractivity contribution in [1.82, 2.24) is 4.72 Å². The van der Waals surface area contributed by atoms with E-state index < -0.39 is 15.9 Å². The molecule has 1 heterocycles. The molecule has 6 nitrogen and oxygen atoms in total. The van der Waals surface area contributed by atoms with Gasteiger partial charge in [-0.3, -0.25) is 4.79 Å². The number of aryl methyl sites for hydroxylation is 1. The van der Waals surface area contributed by atoms with E-state index in [2.05, 4.69) is 4.72 Å². The molecule has 3 rings (SSSR count). The number of rotatable bonds is 4. The monoisotopic (exact) mass is 346 g/mol. The zero-order valence-electron chi connectivity index (χ0n) is 13.2. The Kier molecular flexibility index (Phi) is 4.29. The van der Waals surface area contributed by atoms with Crippen molar-refractivity contribution < 1.29 is 17.9 Å². The zero-order chi connectivity index (χ0) is 17.3. The summed E-state index contributed by atoms with van der Waals surface area (Å²) in [6.45, 7) is 2.14. The van der Waals surface area contributed by atoms with Crippen molar-refractivity contribution in [2.75, 3.05) is 6.61 Å². The first-order valence-electron chi connectivity index (χ1n) is 7.53. The Morgan fingerprint density at radius 3 is 2.75 bits per heavy atom. The number of benzene rings is 2. The van der Waals surface area contributed by atoms with Gasteiger partial charge in [-0.05, 0) is 30.7 Å². The number of hydrogen-bond donors (Lipinski definition) is 2. The van der Waals surface area contributed by atoms with Gasteiger partial charge in [-0.25, -0.2) is 13.1 Å². The first-order valence-corrected chi connectivity index (χ1v) is 9.01. The Hall–Kier alpha value is -2.38. The van der Waals surface area contributed by atoms with Crippen molar-refractivity contribution >= 4 is 15.9 Å². The highest BCUT2D eigenvalue weighted by Gasteiger charge is 2.27. The summed E-state index contributed by atoms with van der Waals surface area (Å²) in [4.78, 5) is 11.5. The molecule has 0 fully saturated rings. The minimum absolute atomic E-state index is 0.0193. The number of ether oxygens (including phenoxy) is 1. The number of sulfonamides is 1. The summed E-state index contributed by atoms with van der Waals surface area (Å²) in [5.41, 5.74) is 6.94. The van der Waals surface area contributed by atoms with Crippen LogP contribution in [0.25, 0.3) is 0 Å². The van der Waals surface area contributed by atoms with Gasteiger partial charge in [0.25, 0.3) is 0 Å². The highest BCUT2D eigenvalue weighted by Crippen LogP contribution is 2.32. The number of amides is 1. The van der Waals surface area contributed by atoms with Crippen LogP contribution in [0.3, 0.4) is 0 Å². The SMILES string of the molecule is Cc1ccc(S(=O)(=O)N[C@@H]2CCOc3ccccc32)cc1C(N)=O. The summed E-state index contributed by atoms with van der Waals surface area (Å²) in [5.74, 6) is 0.0270. The third kappa shape index (κ3) is 3.13. The van der Waals surface area contributed by atoms with Gasteiger partial charge in [-0.1, -0.05) is 24.3 Å². The molecule has 1 atom stereocenters. The van der Waals surface area contributed by atoms with Crippen LogP contribution in [0.4, 0.5) is 0 Å². The summed E-state index contributed by atoms with van der Waals surface area (Å²) in [6, 6.07) is 11.3. The minimum Gasteiger partial charge on any atom is -0.493 e. The maximum absolute atomic E-state index is 12.7. The zero-order valence-corrected chi connectivity index (χ0v) is 14.0. The standard InChI is InChI=1S/C17H18N2O4S/c1-11-6-7-12(10-14(11)17(18)20)24(21,22)19-15-8-9-23-16-5-3-2-4-13(15)16/h2-7,10,15,19H,8-9H2,1H3,(H2,18,20)/t15-/m1/s1. The molecule has 7 heteroatoms. The predicted molar refractivity (Wildman–Crippen MR) is 89.3 cm³/mol. The lowest BCUT2D eigenvalue weighted by Gasteiger charge is -2.26. The third-order valence-corrected chi connectivity index (χ3v) is 5.51. The first kappa shape index (κ1) is 16.5. The number of fused-ring (bicyclic) bond motifs is 1. The third-order valence-electron chi connectivity index (χ3n) is 4.04. The fourth-order valence-electron chi connectivity index (χ4n) is 2.75. The molecule has 0 bridgehead atoms. The fraction of sp³-hybridized carbons (Fsp3) is 0.235. The Morgan fingerprint density at radius 1 is 1.25 bits per heavy atom. The molecule has 126 valence electrons. The Balaban J connectivity index is 1.93. The molecule has 2 aromatic carbocycles. The number of nitrogens with one attached hydrogen (secondary N) is 1. The van der Waals surface area contributed by atoms with Gasteiger partial charge in [0, 0.05) is 17.5 Å². The van der Waals surface area contributed by atoms with Gasteiger partial charge in [0.2, 0.25) is 15.9 Å². The molecular formula is C17H18N2O4S. The Labute approximate surface area is 140 Å². The molecule has 0 aromatic heterocycles. The lowest BCUT2D eigenvalue weighted by atomic mass is 10.0. The molecule has 0 saturated heterocycles. The van der Waals surface area contributed by atoms with Crippen LogP contribution < -0.4 is 15.2 Å². The van der Waals surface area contributed by atoms with E-state index in [1.165, 1.54) is 12.1 Å². The van der Waals surface area contributed by atoms with Crippen molar-refractivity contribution in [3.63, 3.8) is 0 Å². The molecule has 1 aliphatic rings. The maximum Gasteiger partial charge on any atom is 0.249 e. The second-order valence-corrected chi connectivity index (χ2v) is 7.40. The Morgan fingerprint density at radius 2 is 2.00 bits per heavy atom. The molecule has 0 spiro atoms. The Bertz CT molecular complexity index is 893. The van der Waals surface area contributed by atoms with Crippen LogP contribution in [0.5, 0.6) is 5.75 Å². The van der Waals surface area contributed by atoms with Gasteiger partial charge in [-0.15, -0.1) is 0 Å². The number of carbonyl (C=O) groups is 1. The van der Waals surface area contributed by atoms with Gasteiger partial charge >= 0.3 is 0 Å². The summed E-state index contributed by atoms with van der Waals surface area (Å²) >= 11 is 0. The molecule has 0 radical (unpaired) electrons. The fourth-order valence-corrected chi connectivity index (χ4v) is 4.03. The van der Waals surface area contributed by atoms with E-state index in [1.54, 1.807) is 13.0 Å². The minimum atomic E-state index is -3.79. The largest absolute Gasteiger partial charge is 0.493 e. The van der Waals surface area contributed by atoms with Gasteiger partial charge < -0.3 is 10.5 Å². The lowest BCUT2D eigenvalue weighted by molar-refractivity contribution is 0.0999. The summed E-state index contributed by atoms with van der Waals surface area (Å²) in [6.07, 6.45) is 0.533. The topological polar surface area (TPSA) is 98.5 Å². The van der Waals surface area contributed by atoms with Gasteiger partial charge in [0.15, 0.2) is 0 Å². The summed E-state index contributed by atoms with van der Waals surface area (Å²) < 4.78 is 33.6. The van der Waals surface area contributed by atoms with Crippen LogP contribution in [0, 0.1) is 6.92 Å². The molecule has 3 N–H and O–H groups in total. The van der Waals surface area contributed by atoms with Crippen LogP contribution in [0.1, 0.15) is 33.9 Å². The molecule has 0 unspecified atom stereocenters. The number of nitrogens with two attached hydrogens (primary N) is 1. The summed E-state index contributed by atoms with van der Waals surface area (Å²) in [5, 5.41) is 0. The van der Waals surface area contributed by atoms with Gasteiger partial charge in [0.1, 0.15) is 5.75 Å². The predicted octanol–water partition coefficient (Wildman–Crippen LogP) is 1.90. The number of para-hydroxylation sites is 1. The van der Waals surface area contributed by atoms with Crippen molar-refractivity contribution in [3.8, 4) is 5.75 Å². The van der Waals surface area contributed by atoms with Crippen LogP contribution >= 0.6 is 0 Å². The van der Waals surface area contributed by atoms with E-state index in [-0.39, 0.29) is 16.5 Å². The van der Waals surface area contributed by atoms with Crippen LogP contribution in [0.2, 0.25) is 0 Å². The van der Waals surface area contributed by atoms with Crippen molar-refractivity contribution in [2.45, 2.75) is 24.3 Å². The van der Waals surface area contributed by atoms with E-state index >= 15 is 0 Å². The number of carbonyl (C=O) groups excluding carboxylic acids is 1. The highest BCUT2D eigenvalue weighted by atomic mass is 32.2. The molecule has 24 heavy (non-hydrogen) atoms. The van der Waals surface area contributed by atoms with Gasteiger partial charge in [-0.2, -0.15) is 0 Å². The normalized spacial score (nSPS) is 17.0. The van der Waals surface area contributed by atoms with Crippen molar-refractivity contribution in [1.29, 1.82) is 0 Å². The molecule has 2 aromatic rings. The lowest BCUT2D eigenvalue weighted by Crippen LogP contribution is -2.32. The number of primary amides is 1. The van der Waals surface area contributed by atoms with Crippen molar-refractivity contribution in [2.24, 2.45) is 5.73 Å². The second kappa shape index (κ2) is 6.26. The quantitative estimate of drug-likeness (QED) is 0.883. The molecule has 1 amide bonds. The van der Waals surface area contributed by atoms with Crippen molar-refractivity contribution in [3.05, 3.63) is 59.2 Å². The smallest absolute Gasteiger partial charge is 0.249 e. The molecule has 0 saturated carbocycles. The second-order valence-electron chi connectivity index (χ2n) is 5.69. The first-order chi connectivity index (χ1) is 11.4. The average Bonchev–Trinajstić information content (AvgIpc) is 2.55. The maximum atomic E-state index is 12.7. The van der Waals surface area contributed by atoms with E-state index in [1.807, 2.05) is 24.3 Å². The average molecular weight is 346 g/mol. The van der Waals surface area contributed by atoms with E-state index in [9.17, 15) is 13.2 Å². The number of hydrogen-bond acceptors (Lipinski definition) is 4. The van der Waals surface area contributed by atoms with Gasteiger partial charge in [0.05, 0.1) is 17.5 Å². The van der Waals surface area contributed by atoms with E-state index in [0.29, 0.717) is 24.3 Å². The van der Waals surface area contributed by atoms with Crippen LogP contribution in [-0.4, -0.2) is 20.9 Å². The van der Waals surface area contributed by atoms with Crippen LogP contribution in [0.15, 0.2) is 47.4 Å². The molecular weight excluding hydrogens is 328 g/mol. The molecule has 1 aliphatic heterocycles. The molecule has 0 aliphatic carbocycles. The highest BCUT2D eigenvalue weighted by molar-refractivity contribution is 7.89. The van der Waals surface area contributed by atoms with E-state index in [0.717, 1.165) is 5.56 Å². The summed E-state index contributed by atoms with van der Waals surface area (Å²) in [7, 11) is -3.79. The van der Waals surface area contributed by atoms with E-state index in [4.69, 9.17) is 10.5 Å². The van der Waals surface area contributed by atoms with Crippen LogP contribution in [-0.2, 0) is 10.0 Å².